The molecule has 1 atom stereocenters. The van der Waals surface area contributed by atoms with Crippen molar-refractivity contribution in [1.29, 1.82) is 0 Å². The summed E-state index contributed by atoms with van der Waals surface area (Å²) in [5.41, 5.74) is 0.753. The molecule has 1 unspecified atom stereocenters. The molecular weight excluding hydrogens is 236 g/mol. The van der Waals surface area contributed by atoms with Gasteiger partial charge in [0.15, 0.2) is 0 Å². The lowest BCUT2D eigenvalue weighted by Gasteiger charge is -2.06. The zero-order chi connectivity index (χ0) is 9.26. The van der Waals surface area contributed by atoms with E-state index < -0.39 is 0 Å². The minimum Gasteiger partial charge on any atom is -0.493 e. The van der Waals surface area contributed by atoms with Crippen LogP contribution in [0.25, 0.3) is 0 Å². The molecule has 0 radical (unpaired) electrons. The third-order valence-corrected chi connectivity index (χ3v) is 3.06. The Morgan fingerprint density at radius 1 is 1.46 bits per heavy atom. The second-order valence-corrected chi connectivity index (χ2v) is 3.87. The van der Waals surface area contributed by atoms with E-state index in [4.69, 9.17) is 9.47 Å². The van der Waals surface area contributed by atoms with Gasteiger partial charge in [0.05, 0.1) is 12.2 Å². The quantitative estimate of drug-likeness (QED) is 0.402. The van der Waals surface area contributed by atoms with Crippen LogP contribution in [-0.4, -0.2) is 24.0 Å². The zero-order valence-electron chi connectivity index (χ0n) is 7.22. The maximum atomic E-state index is 11.2. The van der Waals surface area contributed by atoms with E-state index in [1.807, 2.05) is 0 Å². The van der Waals surface area contributed by atoms with Crippen molar-refractivity contribution in [3.8, 4) is 0 Å². The van der Waals surface area contributed by atoms with Crippen molar-refractivity contribution in [2.24, 2.45) is 0 Å². The number of ether oxygens (including phenoxy) is 2. The molecule has 3 nitrogen and oxygen atoms in total. The Labute approximate surface area is 85.2 Å². The van der Waals surface area contributed by atoms with Crippen LogP contribution >= 0.6 is 15.9 Å². The molecule has 0 bridgehead atoms. The van der Waals surface area contributed by atoms with Gasteiger partial charge in [0, 0.05) is 18.2 Å². The predicted molar refractivity (Wildman–Crippen MR) is 50.5 cm³/mol. The fourth-order valence-electron chi connectivity index (χ4n) is 1.63. The first-order chi connectivity index (χ1) is 6.31. The number of carbonyl (C=O) groups excluding carboxylic acids is 1. The molecule has 2 fully saturated rings. The van der Waals surface area contributed by atoms with E-state index in [1.54, 1.807) is 0 Å². The maximum Gasteiger partial charge on any atom is 0.337 e. The lowest BCUT2D eigenvalue weighted by molar-refractivity contribution is -0.135. The first-order valence-electron chi connectivity index (χ1n) is 4.43. The van der Waals surface area contributed by atoms with Crippen LogP contribution in [0.5, 0.6) is 0 Å². The number of halogens is 1. The average molecular weight is 247 g/mol. The van der Waals surface area contributed by atoms with Gasteiger partial charge in [-0.3, -0.25) is 0 Å². The molecule has 2 saturated heterocycles. The van der Waals surface area contributed by atoms with Gasteiger partial charge in [-0.05, 0) is 6.42 Å². The molecule has 0 N–H and O–H groups in total. The fourth-order valence-corrected chi connectivity index (χ4v) is 2.09. The van der Waals surface area contributed by atoms with Gasteiger partial charge in [-0.25, -0.2) is 4.79 Å². The molecular formula is C9H11BrO3. The van der Waals surface area contributed by atoms with Crippen LogP contribution in [0.4, 0.5) is 0 Å². The molecule has 0 spiro atoms. The molecule has 72 valence electrons. The monoisotopic (exact) mass is 246 g/mol. The highest BCUT2D eigenvalue weighted by Crippen LogP contribution is 2.30. The van der Waals surface area contributed by atoms with Gasteiger partial charge in [0.1, 0.15) is 11.9 Å². The van der Waals surface area contributed by atoms with Crippen molar-refractivity contribution >= 4 is 21.9 Å². The topological polar surface area (TPSA) is 35.5 Å². The lowest BCUT2D eigenvalue weighted by atomic mass is 10.1. The summed E-state index contributed by atoms with van der Waals surface area (Å²) in [6, 6.07) is 0. The smallest absolute Gasteiger partial charge is 0.337 e. The number of hydrogen-bond donors (Lipinski definition) is 0. The third kappa shape index (κ3) is 1.73. The van der Waals surface area contributed by atoms with Crippen molar-refractivity contribution in [1.82, 2.24) is 0 Å². The molecule has 13 heavy (non-hydrogen) atoms. The van der Waals surface area contributed by atoms with Gasteiger partial charge < -0.3 is 9.47 Å². The summed E-state index contributed by atoms with van der Waals surface area (Å²) in [5.74, 6) is 0.664. The Balaban J connectivity index is 2.12. The largest absolute Gasteiger partial charge is 0.493 e. The summed E-state index contributed by atoms with van der Waals surface area (Å²) in [4.78, 5) is 11.2. The fraction of sp³-hybridized carbons (Fsp3) is 0.667. The Kier molecular flexibility index (Phi) is 2.58. The molecule has 2 heterocycles. The van der Waals surface area contributed by atoms with E-state index in [1.165, 1.54) is 0 Å². The first-order valence-corrected chi connectivity index (χ1v) is 5.55. The number of cyclic esters (lactones) is 1. The van der Waals surface area contributed by atoms with Gasteiger partial charge in [0.2, 0.25) is 0 Å². The summed E-state index contributed by atoms with van der Waals surface area (Å²) in [6.45, 7) is 0.514. The second-order valence-electron chi connectivity index (χ2n) is 3.22. The molecule has 0 aliphatic carbocycles. The van der Waals surface area contributed by atoms with Gasteiger partial charge in [-0.1, -0.05) is 15.9 Å². The molecule has 2 aliphatic heterocycles. The van der Waals surface area contributed by atoms with Crippen molar-refractivity contribution in [2.45, 2.75) is 25.4 Å². The molecule has 0 aromatic heterocycles. The summed E-state index contributed by atoms with van der Waals surface area (Å²) >= 11 is 3.36. The van der Waals surface area contributed by atoms with Crippen LogP contribution in [0.15, 0.2) is 11.3 Å². The van der Waals surface area contributed by atoms with Crippen LogP contribution in [0.3, 0.4) is 0 Å². The summed E-state index contributed by atoms with van der Waals surface area (Å²) < 4.78 is 10.5. The number of rotatable bonds is 1. The molecule has 2 aliphatic rings. The Bertz CT molecular complexity index is 260. The van der Waals surface area contributed by atoms with Crippen LogP contribution in [0.1, 0.15) is 19.3 Å². The summed E-state index contributed by atoms with van der Waals surface area (Å²) in [6.07, 6.45) is 2.82. The van der Waals surface area contributed by atoms with Gasteiger partial charge in [-0.15, -0.1) is 0 Å². The minimum absolute atomic E-state index is 0.190. The number of esters is 1. The Morgan fingerprint density at radius 2 is 2.31 bits per heavy atom. The second kappa shape index (κ2) is 3.70. The molecule has 0 saturated carbocycles. The molecule has 4 heteroatoms. The average Bonchev–Trinajstić information content (AvgIpc) is 2.71. The Morgan fingerprint density at radius 3 is 2.85 bits per heavy atom. The van der Waals surface area contributed by atoms with Crippen molar-refractivity contribution in [3.63, 3.8) is 0 Å². The predicted octanol–water partition coefficient (Wildman–Crippen LogP) is 1.76. The minimum atomic E-state index is -0.190. The molecule has 0 amide bonds. The lowest BCUT2D eigenvalue weighted by Crippen LogP contribution is -2.06. The van der Waals surface area contributed by atoms with E-state index in [2.05, 4.69) is 15.9 Å². The van der Waals surface area contributed by atoms with Gasteiger partial charge in [0.25, 0.3) is 0 Å². The van der Waals surface area contributed by atoms with E-state index in [9.17, 15) is 4.79 Å². The maximum absolute atomic E-state index is 11.2. The standard InChI is InChI=1S/C9H11BrO3/c10-5-6-1-2-8(13-6)7-3-4-12-9(7)11/h6H,1-5H2/b8-7-. The number of hydrogen-bond acceptors (Lipinski definition) is 3. The summed E-state index contributed by atoms with van der Waals surface area (Å²) in [5, 5.41) is 0.832. The van der Waals surface area contributed by atoms with Crippen molar-refractivity contribution in [3.05, 3.63) is 11.3 Å². The number of allylic oxidation sites excluding steroid dienone is 1. The number of carbonyl (C=O) groups is 1. The highest BCUT2D eigenvalue weighted by molar-refractivity contribution is 9.09. The highest BCUT2D eigenvalue weighted by Gasteiger charge is 2.29. The molecule has 0 aromatic rings. The summed E-state index contributed by atoms with van der Waals surface area (Å²) in [7, 11) is 0. The van der Waals surface area contributed by atoms with E-state index in [0.717, 1.165) is 29.5 Å². The Hall–Kier alpha value is -0.510. The molecule has 2 rings (SSSR count). The van der Waals surface area contributed by atoms with Crippen LogP contribution in [-0.2, 0) is 14.3 Å². The van der Waals surface area contributed by atoms with Crippen LogP contribution in [0, 0.1) is 0 Å². The van der Waals surface area contributed by atoms with Gasteiger partial charge >= 0.3 is 5.97 Å². The SMILES string of the molecule is O=C1OCC/C1=C1\CCC(CBr)O1. The zero-order valence-corrected chi connectivity index (χ0v) is 8.80. The van der Waals surface area contributed by atoms with E-state index >= 15 is 0 Å². The molecule has 0 aromatic carbocycles. The number of alkyl halides is 1. The van der Waals surface area contributed by atoms with Gasteiger partial charge in [-0.2, -0.15) is 0 Å². The van der Waals surface area contributed by atoms with Crippen LogP contribution < -0.4 is 0 Å². The van der Waals surface area contributed by atoms with Crippen LogP contribution in [0.2, 0.25) is 0 Å². The van der Waals surface area contributed by atoms with Crippen molar-refractivity contribution < 1.29 is 14.3 Å². The third-order valence-electron chi connectivity index (χ3n) is 2.34. The van der Waals surface area contributed by atoms with E-state index in [0.29, 0.717) is 13.0 Å². The highest BCUT2D eigenvalue weighted by atomic mass is 79.9. The first kappa shape index (κ1) is 9.06. The van der Waals surface area contributed by atoms with E-state index in [-0.39, 0.29) is 12.1 Å². The normalized spacial score (nSPS) is 33.3. The van der Waals surface area contributed by atoms with Crippen molar-refractivity contribution in [2.75, 3.05) is 11.9 Å².